The summed E-state index contributed by atoms with van der Waals surface area (Å²) >= 11 is 0. The molecule has 2 heterocycles. The van der Waals surface area contributed by atoms with Crippen LogP contribution in [0, 0.1) is 48.5 Å². The third-order valence-electron chi connectivity index (χ3n) is 12.0. The number of aliphatic hydroxyl groups excluding tert-OH is 1. The number of nitrogens with zero attached hydrogens (tertiary/aromatic N) is 2. The summed E-state index contributed by atoms with van der Waals surface area (Å²) in [4.78, 5) is 67.4. The van der Waals surface area contributed by atoms with Gasteiger partial charge in [-0.1, -0.05) is 12.2 Å². The van der Waals surface area contributed by atoms with Crippen LogP contribution in [-0.4, -0.2) is 46.7 Å². The van der Waals surface area contributed by atoms with Crippen LogP contribution in [0.2, 0.25) is 0 Å². The lowest BCUT2D eigenvalue weighted by molar-refractivity contribution is -0.137. The Morgan fingerprint density at radius 1 is 0.692 bits per heavy atom. The Morgan fingerprint density at radius 2 is 1.22 bits per heavy atom. The van der Waals surface area contributed by atoms with Crippen molar-refractivity contribution in [2.75, 3.05) is 11.9 Å². The van der Waals surface area contributed by atoms with Gasteiger partial charge in [0.2, 0.25) is 0 Å². The summed E-state index contributed by atoms with van der Waals surface area (Å²) in [7, 11) is 1.38. The predicted octanol–water partition coefficient (Wildman–Crippen LogP) is 10.9. The molecule has 5 aromatic carbocycles. The molecule has 2 aliphatic heterocycles. The van der Waals surface area contributed by atoms with Crippen LogP contribution in [0.5, 0.6) is 11.5 Å². The second kappa shape index (κ2) is 16.9. The van der Waals surface area contributed by atoms with Crippen LogP contribution in [0.1, 0.15) is 115 Å². The predicted molar refractivity (Wildman–Crippen MR) is 240 cm³/mol. The lowest BCUT2D eigenvalue weighted by Gasteiger charge is -2.23. The molecule has 5 aromatic rings. The Labute approximate surface area is 373 Å². The highest BCUT2D eigenvalue weighted by Gasteiger charge is 2.41. The fourth-order valence-electron chi connectivity index (χ4n) is 8.19. The quantitative estimate of drug-likeness (QED) is 0.0509. The van der Waals surface area contributed by atoms with Crippen LogP contribution in [-0.2, 0) is 6.18 Å². The number of esters is 2. The van der Waals surface area contributed by atoms with Gasteiger partial charge in [-0.05, 0) is 166 Å². The van der Waals surface area contributed by atoms with E-state index in [1.165, 1.54) is 67.7 Å². The fourth-order valence-corrected chi connectivity index (χ4v) is 8.19. The summed E-state index contributed by atoms with van der Waals surface area (Å²) in [6.07, 6.45) is -2.23. The van der Waals surface area contributed by atoms with Crippen LogP contribution in [0.3, 0.4) is 0 Å². The van der Waals surface area contributed by atoms with Crippen molar-refractivity contribution >= 4 is 40.9 Å². The van der Waals surface area contributed by atoms with Crippen molar-refractivity contribution < 1.29 is 51.7 Å². The second-order valence-electron chi connectivity index (χ2n) is 16.3. The maximum absolute atomic E-state index is 14.4. The first-order valence-electron chi connectivity index (χ1n) is 20.4. The van der Waals surface area contributed by atoms with Crippen molar-refractivity contribution in [3.05, 3.63) is 182 Å². The van der Waals surface area contributed by atoms with Gasteiger partial charge in [0.1, 0.15) is 17.1 Å². The highest BCUT2D eigenvalue weighted by atomic mass is 19.4. The van der Waals surface area contributed by atoms with Gasteiger partial charge in [0, 0.05) is 36.9 Å². The van der Waals surface area contributed by atoms with E-state index in [-0.39, 0.29) is 50.2 Å². The van der Waals surface area contributed by atoms with Crippen molar-refractivity contribution in [3.8, 4) is 22.6 Å². The zero-order valence-corrected chi connectivity index (χ0v) is 36.9. The molecule has 0 spiro atoms. The van der Waals surface area contributed by atoms with Crippen molar-refractivity contribution in [3.63, 3.8) is 0 Å². The second-order valence-corrected chi connectivity index (χ2v) is 16.3. The number of ether oxygens (including phenoxy) is 2. The Morgan fingerprint density at radius 3 is 1.74 bits per heavy atom. The minimum absolute atomic E-state index is 0.00150. The molecule has 0 aromatic heterocycles. The molecule has 0 saturated heterocycles. The van der Waals surface area contributed by atoms with E-state index in [0.717, 1.165) is 38.1 Å². The maximum Gasteiger partial charge on any atom is 0.418 e. The monoisotopic (exact) mass is 881 g/mol. The van der Waals surface area contributed by atoms with Gasteiger partial charge in [0.05, 0.1) is 39.5 Å². The zero-order valence-electron chi connectivity index (χ0n) is 36.9. The standard InChI is InChI=1S/C52H44F3N2O8/c1-11-32(13-12-25(2)3)36-19-16-35(24-43(36)52(53,54)55)57-48(60)38-18-15-34(23-42(38)49(57)61)51(63)65-45-27(5)21-40(29(7)31(45)9)39-20-26(4)44(30(8)28(39)6)64-50(62)33-14-17-37-41(22-33)47(59)56(10)46(37)58/h11-24,49,61H,1-2H2,3-10H3/q+1/b13-12-,32-11-. The third-order valence-corrected chi connectivity index (χ3v) is 12.0. The number of imide groups is 1. The molecule has 0 aliphatic carbocycles. The Balaban J connectivity index is 1.12. The summed E-state index contributed by atoms with van der Waals surface area (Å²) in [5.74, 6) is -2.53. The maximum atomic E-state index is 14.4. The molecular formula is C52H44F3N2O8+. The molecule has 13 heteroatoms. The van der Waals surface area contributed by atoms with Gasteiger partial charge in [-0.2, -0.15) is 13.2 Å². The molecule has 65 heavy (non-hydrogen) atoms. The highest BCUT2D eigenvalue weighted by Crippen LogP contribution is 2.43. The summed E-state index contributed by atoms with van der Waals surface area (Å²) in [5, 5.41) is 11.4. The number of amides is 3. The molecule has 3 amide bonds. The normalized spacial score (nSPS) is 14.9. The van der Waals surface area contributed by atoms with E-state index in [9.17, 15) is 42.3 Å². The zero-order chi connectivity index (χ0) is 47.6. The van der Waals surface area contributed by atoms with E-state index in [0.29, 0.717) is 39.3 Å². The van der Waals surface area contributed by atoms with E-state index in [1.54, 1.807) is 19.9 Å². The molecule has 7 rings (SSSR count). The number of allylic oxidation sites excluding steroid dienone is 5. The molecule has 0 bridgehead atoms. The number of carbonyl (C=O) groups excluding carboxylic acids is 5. The number of alkyl halides is 3. The molecule has 1 atom stereocenters. The van der Waals surface area contributed by atoms with E-state index < -0.39 is 47.6 Å². The van der Waals surface area contributed by atoms with Crippen LogP contribution in [0.25, 0.3) is 16.7 Å². The molecule has 0 saturated carbocycles. The van der Waals surface area contributed by atoms with Crippen LogP contribution >= 0.6 is 0 Å². The highest BCUT2D eigenvalue weighted by molar-refractivity contribution is 6.21. The van der Waals surface area contributed by atoms with Crippen molar-refractivity contribution in [2.45, 2.75) is 60.9 Å². The molecule has 0 radical (unpaired) electrons. The molecular weight excluding hydrogens is 838 g/mol. The van der Waals surface area contributed by atoms with Gasteiger partial charge in [-0.15, -0.1) is 0 Å². The average molecular weight is 882 g/mol. The largest absolute Gasteiger partial charge is 0.422 e. The number of fused-ring (bicyclic) bond motifs is 2. The van der Waals surface area contributed by atoms with Gasteiger partial charge in [-0.3, -0.25) is 24.2 Å². The fraction of sp³-hybridized carbons (Fsp3) is 0.192. The van der Waals surface area contributed by atoms with Gasteiger partial charge in [0.25, 0.3) is 17.7 Å². The molecule has 1 N–H and O–H groups in total. The molecule has 330 valence electrons. The number of carbonyl (C=O) groups is 5. The minimum Gasteiger partial charge on any atom is -0.422 e. The van der Waals surface area contributed by atoms with Gasteiger partial charge >= 0.3 is 18.1 Å². The van der Waals surface area contributed by atoms with Crippen LogP contribution < -0.4 is 14.4 Å². The van der Waals surface area contributed by atoms with E-state index in [4.69, 9.17) is 9.47 Å². The summed E-state index contributed by atoms with van der Waals surface area (Å²) < 4.78 is 55.2. The minimum atomic E-state index is -4.82. The average Bonchev–Trinajstić information content (AvgIpc) is 3.64. The first kappa shape index (κ1) is 45.5. The SMILES string of the molecule is C=C(C)/C=C\C(=C\[CH2+])c1ccc(N2C(=O)c3ccc(C(=O)Oc4c(C)cc(-c5cc(C)c(OC(=O)c6ccc7c(c6)C(=O)N(C)C7=O)c(C)c5C)c(C)c4C)cc3C2O)cc1C(F)(F)F. The molecule has 10 nitrogen and oxygen atoms in total. The number of rotatable bonds is 9. The van der Waals surface area contributed by atoms with Crippen molar-refractivity contribution in [2.24, 2.45) is 0 Å². The molecule has 1 unspecified atom stereocenters. The number of hydrogen-bond donors (Lipinski definition) is 1. The Kier molecular flexibility index (Phi) is 11.8. The number of aryl methyl sites for hydroxylation is 2. The number of hydrogen-bond acceptors (Lipinski definition) is 8. The Hall–Kier alpha value is -7.51. The lowest BCUT2D eigenvalue weighted by Crippen LogP contribution is -2.28. The summed E-state index contributed by atoms with van der Waals surface area (Å²) in [6.45, 7) is 20.1. The number of anilines is 1. The van der Waals surface area contributed by atoms with Crippen molar-refractivity contribution in [1.82, 2.24) is 4.90 Å². The number of benzene rings is 5. The lowest BCUT2D eigenvalue weighted by atomic mass is 9.88. The van der Waals surface area contributed by atoms with E-state index in [2.05, 4.69) is 13.5 Å². The Bertz CT molecular complexity index is 3010. The van der Waals surface area contributed by atoms with Gasteiger partial charge in [-0.25, -0.2) is 9.59 Å². The first-order chi connectivity index (χ1) is 30.5. The van der Waals surface area contributed by atoms with E-state index >= 15 is 0 Å². The summed E-state index contributed by atoms with van der Waals surface area (Å²) in [6, 6.07) is 15.3. The first-order valence-corrected chi connectivity index (χ1v) is 20.4. The molecule has 0 fully saturated rings. The van der Waals surface area contributed by atoms with Crippen LogP contribution in [0.4, 0.5) is 18.9 Å². The van der Waals surface area contributed by atoms with Gasteiger partial charge in [0.15, 0.2) is 6.23 Å². The third kappa shape index (κ3) is 8.03. The topological polar surface area (TPSA) is 131 Å². The number of halogens is 3. The van der Waals surface area contributed by atoms with Crippen molar-refractivity contribution in [1.29, 1.82) is 0 Å². The molecule has 2 aliphatic rings. The smallest absolute Gasteiger partial charge is 0.418 e. The number of aliphatic hydroxyl groups is 1. The van der Waals surface area contributed by atoms with E-state index in [1.807, 2.05) is 46.8 Å². The van der Waals surface area contributed by atoms with Gasteiger partial charge < -0.3 is 14.6 Å². The summed E-state index contributed by atoms with van der Waals surface area (Å²) in [5.41, 5.74) is 5.83. The van der Waals surface area contributed by atoms with Crippen LogP contribution in [0.15, 0.2) is 97.1 Å².